The van der Waals surface area contributed by atoms with E-state index in [2.05, 4.69) is 5.32 Å². The Bertz CT molecular complexity index is 525. The predicted molar refractivity (Wildman–Crippen MR) is 74.3 cm³/mol. The zero-order valence-corrected chi connectivity index (χ0v) is 11.1. The van der Waals surface area contributed by atoms with Crippen LogP contribution in [-0.4, -0.2) is 11.6 Å². The van der Waals surface area contributed by atoms with Crippen molar-refractivity contribution in [2.75, 3.05) is 0 Å². The van der Waals surface area contributed by atoms with Gasteiger partial charge in [0.05, 0.1) is 0 Å². The van der Waals surface area contributed by atoms with Gasteiger partial charge >= 0.3 is 0 Å². The molecule has 98 valence electrons. The second kappa shape index (κ2) is 5.65. The molecule has 0 bridgehead atoms. The van der Waals surface area contributed by atoms with Crippen LogP contribution in [0.5, 0.6) is 0 Å². The molecule has 1 N–H and O–H groups in total. The lowest BCUT2D eigenvalue weighted by Gasteiger charge is -2.24. The van der Waals surface area contributed by atoms with Crippen molar-refractivity contribution in [3.05, 3.63) is 59.4 Å². The van der Waals surface area contributed by atoms with Crippen molar-refractivity contribution in [2.24, 2.45) is 5.92 Å². The van der Waals surface area contributed by atoms with E-state index in [9.17, 15) is 9.59 Å². The lowest BCUT2D eigenvalue weighted by atomic mass is 9.82. The van der Waals surface area contributed by atoms with Gasteiger partial charge in [-0.2, -0.15) is 0 Å². The Hall–Kier alpha value is -2.16. The van der Waals surface area contributed by atoms with Crippen molar-refractivity contribution in [1.82, 2.24) is 5.32 Å². The summed E-state index contributed by atoms with van der Waals surface area (Å²) in [7, 11) is 0. The second-order valence-electron chi connectivity index (χ2n) is 4.72. The molecule has 0 unspecified atom stereocenters. The number of Topliss-reactive ketones (excluding diaryl/α,β-unsaturated/α-hetero) is 2. The van der Waals surface area contributed by atoms with Crippen LogP contribution in [0.4, 0.5) is 0 Å². The highest BCUT2D eigenvalue weighted by atomic mass is 16.1. The Balaban J connectivity index is 2.32. The monoisotopic (exact) mass is 255 g/mol. The maximum atomic E-state index is 11.7. The van der Waals surface area contributed by atoms with E-state index in [0.717, 1.165) is 5.56 Å². The molecule has 1 aromatic carbocycles. The number of hydrogen-bond donors (Lipinski definition) is 1. The molecule has 1 aliphatic heterocycles. The molecule has 19 heavy (non-hydrogen) atoms. The fourth-order valence-corrected chi connectivity index (χ4v) is 2.35. The fraction of sp³-hybridized carbons (Fsp3) is 0.250. The van der Waals surface area contributed by atoms with E-state index in [0.29, 0.717) is 17.6 Å². The maximum absolute atomic E-state index is 11.7. The number of carbonyl (C=O) groups excluding carboxylic acids is 2. The first-order valence-electron chi connectivity index (χ1n) is 6.31. The van der Waals surface area contributed by atoms with E-state index in [1.54, 1.807) is 12.4 Å². The number of allylic oxidation sites excluding steroid dienone is 2. The van der Waals surface area contributed by atoms with Crippen LogP contribution in [0.15, 0.2) is 53.9 Å². The molecule has 0 radical (unpaired) electrons. The smallest absolute Gasteiger partial charge is 0.157 e. The molecule has 0 saturated heterocycles. The van der Waals surface area contributed by atoms with Crippen LogP contribution in [0.2, 0.25) is 0 Å². The third kappa shape index (κ3) is 2.99. The molecule has 1 aromatic rings. The van der Waals surface area contributed by atoms with Gasteiger partial charge in [-0.3, -0.25) is 9.59 Å². The highest BCUT2D eigenvalue weighted by molar-refractivity contribution is 6.00. The summed E-state index contributed by atoms with van der Waals surface area (Å²) in [5, 5.41) is 2.90. The van der Waals surface area contributed by atoms with E-state index in [1.807, 2.05) is 30.3 Å². The third-order valence-electron chi connectivity index (χ3n) is 3.32. The standard InChI is InChI=1S/C16H17NO2/c1-11(18)15-9-17-10-16(12(2)19)14(15)8-13-6-4-3-5-7-13/h3-7,9-10,14,17H,8H2,1-2H3. The quantitative estimate of drug-likeness (QED) is 0.898. The summed E-state index contributed by atoms with van der Waals surface area (Å²) in [4.78, 5) is 23.4. The van der Waals surface area contributed by atoms with Crippen molar-refractivity contribution in [3.63, 3.8) is 0 Å². The van der Waals surface area contributed by atoms with Crippen molar-refractivity contribution < 1.29 is 9.59 Å². The first kappa shape index (κ1) is 13.3. The Morgan fingerprint density at radius 1 is 1.00 bits per heavy atom. The number of rotatable bonds is 4. The number of carbonyl (C=O) groups is 2. The zero-order valence-electron chi connectivity index (χ0n) is 11.1. The number of benzene rings is 1. The number of ketones is 2. The average molecular weight is 255 g/mol. The fourth-order valence-electron chi connectivity index (χ4n) is 2.35. The van der Waals surface area contributed by atoms with Crippen molar-refractivity contribution >= 4 is 11.6 Å². The molecule has 2 rings (SSSR count). The first-order chi connectivity index (χ1) is 9.09. The molecule has 0 saturated carbocycles. The summed E-state index contributed by atoms with van der Waals surface area (Å²) in [6.07, 6.45) is 4.06. The largest absolute Gasteiger partial charge is 0.367 e. The van der Waals surface area contributed by atoms with Gasteiger partial charge in [0.1, 0.15) is 0 Å². The van der Waals surface area contributed by atoms with E-state index in [-0.39, 0.29) is 17.5 Å². The van der Waals surface area contributed by atoms with Crippen molar-refractivity contribution in [3.8, 4) is 0 Å². The SMILES string of the molecule is CC(=O)C1=CNC=C(C(C)=O)C1Cc1ccccc1. The number of dihydropyridines is 1. The second-order valence-corrected chi connectivity index (χ2v) is 4.72. The molecule has 1 heterocycles. The van der Waals surface area contributed by atoms with E-state index < -0.39 is 0 Å². The van der Waals surface area contributed by atoms with Crippen LogP contribution in [0.1, 0.15) is 19.4 Å². The lowest BCUT2D eigenvalue weighted by molar-refractivity contribution is -0.114. The Labute approximate surface area is 113 Å². The molecular formula is C16H17NO2. The van der Waals surface area contributed by atoms with E-state index >= 15 is 0 Å². The molecule has 3 nitrogen and oxygen atoms in total. The van der Waals surface area contributed by atoms with Crippen LogP contribution in [0.25, 0.3) is 0 Å². The predicted octanol–water partition coefficient (Wildman–Crippen LogP) is 2.39. The molecule has 0 aliphatic carbocycles. The normalized spacial score (nSPS) is 15.3. The van der Waals surface area contributed by atoms with Gasteiger partial charge in [0, 0.05) is 29.5 Å². The highest BCUT2D eigenvalue weighted by Crippen LogP contribution is 2.28. The topological polar surface area (TPSA) is 46.2 Å². The molecule has 0 atom stereocenters. The zero-order chi connectivity index (χ0) is 13.8. The molecule has 3 heteroatoms. The van der Waals surface area contributed by atoms with Crippen LogP contribution >= 0.6 is 0 Å². The molecule has 0 spiro atoms. The van der Waals surface area contributed by atoms with Crippen molar-refractivity contribution in [1.29, 1.82) is 0 Å². The van der Waals surface area contributed by atoms with Crippen molar-refractivity contribution in [2.45, 2.75) is 20.3 Å². The van der Waals surface area contributed by atoms with Crippen LogP contribution < -0.4 is 5.32 Å². The Morgan fingerprint density at radius 2 is 1.53 bits per heavy atom. The van der Waals surface area contributed by atoms with Crippen LogP contribution in [-0.2, 0) is 16.0 Å². The minimum Gasteiger partial charge on any atom is -0.367 e. The molecule has 0 amide bonds. The summed E-state index contributed by atoms with van der Waals surface area (Å²) < 4.78 is 0. The van der Waals surface area contributed by atoms with Gasteiger partial charge in [0.25, 0.3) is 0 Å². The summed E-state index contributed by atoms with van der Waals surface area (Å²) >= 11 is 0. The van der Waals surface area contributed by atoms with E-state index in [1.165, 1.54) is 13.8 Å². The van der Waals surface area contributed by atoms with E-state index in [4.69, 9.17) is 0 Å². The minimum absolute atomic E-state index is 0.000260. The summed E-state index contributed by atoms with van der Waals surface area (Å²) in [5.74, 6) is -0.154. The number of hydrogen-bond acceptors (Lipinski definition) is 3. The molecule has 1 aliphatic rings. The average Bonchev–Trinajstić information content (AvgIpc) is 2.39. The molecular weight excluding hydrogens is 238 g/mol. The summed E-state index contributed by atoms with van der Waals surface area (Å²) in [6.45, 7) is 3.07. The number of nitrogens with one attached hydrogen (secondary N) is 1. The maximum Gasteiger partial charge on any atom is 0.157 e. The third-order valence-corrected chi connectivity index (χ3v) is 3.32. The van der Waals surface area contributed by atoms with Gasteiger partial charge < -0.3 is 5.32 Å². The van der Waals surface area contributed by atoms with Gasteiger partial charge in [0.15, 0.2) is 11.6 Å². The first-order valence-corrected chi connectivity index (χ1v) is 6.31. The molecule has 0 aromatic heterocycles. The van der Waals surface area contributed by atoms with Gasteiger partial charge in [-0.25, -0.2) is 0 Å². The van der Waals surface area contributed by atoms with Gasteiger partial charge in [0.2, 0.25) is 0 Å². The summed E-state index contributed by atoms with van der Waals surface area (Å²) in [6, 6.07) is 9.90. The highest BCUT2D eigenvalue weighted by Gasteiger charge is 2.27. The van der Waals surface area contributed by atoms with Gasteiger partial charge in [-0.15, -0.1) is 0 Å². The Morgan fingerprint density at radius 3 is 2.00 bits per heavy atom. The lowest BCUT2D eigenvalue weighted by Crippen LogP contribution is -2.26. The summed E-state index contributed by atoms with van der Waals surface area (Å²) in [5.41, 5.74) is 2.45. The van der Waals surface area contributed by atoms with Gasteiger partial charge in [-0.1, -0.05) is 30.3 Å². The molecule has 0 fully saturated rings. The minimum atomic E-state index is -0.154. The Kier molecular flexibility index (Phi) is 3.95. The van der Waals surface area contributed by atoms with Crippen LogP contribution in [0, 0.1) is 5.92 Å². The van der Waals surface area contributed by atoms with Gasteiger partial charge in [-0.05, 0) is 25.8 Å². The van der Waals surface area contributed by atoms with Crippen LogP contribution in [0.3, 0.4) is 0 Å².